The highest BCUT2D eigenvalue weighted by atomic mass is 16.5. The van der Waals surface area contributed by atoms with Gasteiger partial charge in [0, 0.05) is 32.0 Å². The number of fused-ring (bicyclic) bond motifs is 2. The Morgan fingerprint density at radius 3 is 2.73 bits per heavy atom. The van der Waals surface area contributed by atoms with Gasteiger partial charge >= 0.3 is 0 Å². The number of hydrogen-bond donors (Lipinski definition) is 2. The van der Waals surface area contributed by atoms with Gasteiger partial charge in [0.15, 0.2) is 0 Å². The Morgan fingerprint density at radius 1 is 1.13 bits per heavy atom. The van der Waals surface area contributed by atoms with Crippen LogP contribution in [-0.4, -0.2) is 45.9 Å². The lowest BCUT2D eigenvalue weighted by molar-refractivity contribution is -0.120. The lowest BCUT2D eigenvalue weighted by atomic mass is 10.1. The second-order valence-corrected chi connectivity index (χ2v) is 6.98. The van der Waals surface area contributed by atoms with Crippen molar-refractivity contribution in [1.29, 1.82) is 0 Å². The van der Waals surface area contributed by atoms with Crippen molar-refractivity contribution in [2.45, 2.75) is 19.4 Å². The van der Waals surface area contributed by atoms with Crippen molar-refractivity contribution in [3.05, 3.63) is 70.4 Å². The molecule has 8 heteroatoms. The van der Waals surface area contributed by atoms with E-state index in [0.717, 1.165) is 16.9 Å². The number of carbonyl (C=O) groups is 1. The molecule has 0 spiro atoms. The van der Waals surface area contributed by atoms with Crippen molar-refractivity contribution in [3.63, 3.8) is 0 Å². The second-order valence-electron chi connectivity index (χ2n) is 6.98. The molecule has 0 saturated carbocycles. The minimum Gasteiger partial charge on any atom is -0.383 e. The Labute approximate surface area is 172 Å². The third kappa shape index (κ3) is 4.08. The van der Waals surface area contributed by atoms with Crippen LogP contribution in [0.25, 0.3) is 21.8 Å². The van der Waals surface area contributed by atoms with Crippen LogP contribution in [0.5, 0.6) is 0 Å². The van der Waals surface area contributed by atoms with Crippen molar-refractivity contribution in [2.24, 2.45) is 0 Å². The van der Waals surface area contributed by atoms with Crippen LogP contribution in [0.3, 0.4) is 0 Å². The molecule has 0 bridgehead atoms. The van der Waals surface area contributed by atoms with Crippen LogP contribution in [-0.2, 0) is 28.9 Å². The van der Waals surface area contributed by atoms with E-state index in [1.807, 2.05) is 30.3 Å². The molecule has 0 aliphatic carbocycles. The molecule has 8 nitrogen and oxygen atoms in total. The molecule has 2 N–H and O–H groups in total. The maximum Gasteiger partial charge on any atom is 0.272 e. The van der Waals surface area contributed by atoms with Gasteiger partial charge in [-0.1, -0.05) is 30.3 Å². The second kappa shape index (κ2) is 8.87. The molecule has 0 unspecified atom stereocenters. The quantitative estimate of drug-likeness (QED) is 0.466. The Morgan fingerprint density at radius 2 is 1.90 bits per heavy atom. The number of para-hydroxylation sites is 2. The maximum atomic E-state index is 12.5. The van der Waals surface area contributed by atoms with Crippen LogP contribution >= 0.6 is 0 Å². The van der Waals surface area contributed by atoms with Crippen molar-refractivity contribution in [1.82, 2.24) is 25.1 Å². The summed E-state index contributed by atoms with van der Waals surface area (Å²) in [5.41, 5.74) is 2.28. The molecule has 2 aromatic heterocycles. The van der Waals surface area contributed by atoms with E-state index in [0.29, 0.717) is 42.6 Å². The summed E-state index contributed by atoms with van der Waals surface area (Å²) in [7, 11) is 1.67. The number of H-pyrrole nitrogens is 1. The number of ether oxygens (including phenoxy) is 1. The number of imidazole rings is 1. The Hall–Kier alpha value is -3.52. The Kier molecular flexibility index (Phi) is 5.85. The highest BCUT2D eigenvalue weighted by Gasteiger charge is 2.13. The number of hydrogen-bond acceptors (Lipinski definition) is 5. The average molecular weight is 405 g/mol. The van der Waals surface area contributed by atoms with Crippen LogP contribution in [0.1, 0.15) is 11.5 Å². The van der Waals surface area contributed by atoms with E-state index < -0.39 is 0 Å². The molecular formula is C22H23N5O3. The minimum atomic E-state index is -0.260. The normalized spacial score (nSPS) is 11.2. The molecule has 1 amide bonds. The number of aromatic nitrogens is 4. The number of nitrogens with one attached hydrogen (secondary N) is 2. The molecular weight excluding hydrogens is 382 g/mol. The monoisotopic (exact) mass is 405 g/mol. The van der Waals surface area contributed by atoms with Crippen molar-refractivity contribution in [3.8, 4) is 0 Å². The fraction of sp³-hybridized carbons (Fsp3) is 0.273. The molecule has 0 aliphatic rings. The van der Waals surface area contributed by atoms with E-state index in [1.165, 1.54) is 0 Å². The molecule has 2 heterocycles. The van der Waals surface area contributed by atoms with E-state index in [9.17, 15) is 9.59 Å². The zero-order chi connectivity index (χ0) is 20.9. The Balaban J connectivity index is 1.43. The number of methoxy groups -OCH3 is 1. The van der Waals surface area contributed by atoms with Gasteiger partial charge in [-0.05, 0) is 18.2 Å². The van der Waals surface area contributed by atoms with Crippen LogP contribution < -0.4 is 10.9 Å². The molecule has 30 heavy (non-hydrogen) atoms. The highest BCUT2D eigenvalue weighted by molar-refractivity contribution is 5.88. The van der Waals surface area contributed by atoms with Crippen molar-refractivity contribution >= 4 is 27.7 Å². The molecule has 154 valence electrons. The van der Waals surface area contributed by atoms with Gasteiger partial charge in [-0.15, -0.1) is 0 Å². The van der Waals surface area contributed by atoms with Gasteiger partial charge in [0.05, 0.1) is 35.1 Å². The summed E-state index contributed by atoms with van der Waals surface area (Å²) in [6.45, 7) is 1.74. The first-order valence-electron chi connectivity index (χ1n) is 9.83. The number of rotatable bonds is 8. The topological polar surface area (TPSA) is 102 Å². The van der Waals surface area contributed by atoms with E-state index in [2.05, 4.69) is 20.1 Å². The van der Waals surface area contributed by atoms with Crippen LogP contribution in [0, 0.1) is 0 Å². The first-order valence-corrected chi connectivity index (χ1v) is 9.83. The number of aromatic amines is 1. The van der Waals surface area contributed by atoms with Gasteiger partial charge in [0.2, 0.25) is 5.91 Å². The fourth-order valence-corrected chi connectivity index (χ4v) is 3.58. The predicted molar refractivity (Wildman–Crippen MR) is 114 cm³/mol. The zero-order valence-electron chi connectivity index (χ0n) is 16.7. The van der Waals surface area contributed by atoms with E-state index >= 15 is 0 Å². The summed E-state index contributed by atoms with van der Waals surface area (Å²) in [5.74, 6) is 0.750. The average Bonchev–Trinajstić information content (AvgIpc) is 3.12. The van der Waals surface area contributed by atoms with Crippen molar-refractivity contribution < 1.29 is 9.53 Å². The van der Waals surface area contributed by atoms with Crippen LogP contribution in [0.4, 0.5) is 0 Å². The molecule has 2 aromatic carbocycles. The molecule has 0 atom stereocenters. The molecule has 0 fully saturated rings. The third-order valence-electron chi connectivity index (χ3n) is 5.03. The lowest BCUT2D eigenvalue weighted by Crippen LogP contribution is -2.29. The summed E-state index contributed by atoms with van der Waals surface area (Å²) < 4.78 is 7.35. The first-order chi connectivity index (χ1) is 14.7. The molecule has 0 aliphatic heterocycles. The summed E-state index contributed by atoms with van der Waals surface area (Å²) in [6, 6.07) is 15.1. The number of carbonyl (C=O) groups excluding carboxylic acids is 1. The summed E-state index contributed by atoms with van der Waals surface area (Å²) in [5, 5.41) is 10.7. The zero-order valence-corrected chi connectivity index (χ0v) is 16.7. The summed E-state index contributed by atoms with van der Waals surface area (Å²) in [4.78, 5) is 29.1. The van der Waals surface area contributed by atoms with E-state index in [-0.39, 0.29) is 17.9 Å². The first kappa shape index (κ1) is 19.8. The van der Waals surface area contributed by atoms with Gasteiger partial charge in [-0.3, -0.25) is 9.59 Å². The lowest BCUT2D eigenvalue weighted by Gasteiger charge is -2.10. The van der Waals surface area contributed by atoms with Crippen LogP contribution in [0.15, 0.2) is 53.3 Å². The van der Waals surface area contributed by atoms with E-state index in [4.69, 9.17) is 9.72 Å². The molecule has 4 rings (SSSR count). The standard InChI is InChI=1S/C22H23N5O3/c1-30-13-12-27-19-9-5-4-8-17(19)24-20(27)10-11-23-21(28)14-18-15-6-2-3-7-16(15)22(29)26-25-18/h2-9H,10-14H2,1H3,(H,23,28)(H,26,29). The predicted octanol–water partition coefficient (Wildman–Crippen LogP) is 1.82. The molecule has 4 aromatic rings. The van der Waals surface area contributed by atoms with Gasteiger partial charge in [0.1, 0.15) is 5.82 Å². The largest absolute Gasteiger partial charge is 0.383 e. The summed E-state index contributed by atoms with van der Waals surface area (Å²) >= 11 is 0. The summed E-state index contributed by atoms with van der Waals surface area (Å²) in [6.07, 6.45) is 0.696. The van der Waals surface area contributed by atoms with Gasteiger partial charge in [-0.25, -0.2) is 10.1 Å². The molecule has 0 saturated heterocycles. The number of benzene rings is 2. The van der Waals surface area contributed by atoms with Gasteiger partial charge in [0.25, 0.3) is 5.56 Å². The molecule has 0 radical (unpaired) electrons. The SMILES string of the molecule is COCCn1c(CCNC(=O)Cc2n[nH]c(=O)c3ccccc23)nc2ccccc21. The van der Waals surface area contributed by atoms with Crippen molar-refractivity contribution in [2.75, 3.05) is 20.3 Å². The number of amides is 1. The smallest absolute Gasteiger partial charge is 0.272 e. The van der Waals surface area contributed by atoms with Gasteiger partial charge < -0.3 is 14.6 Å². The van der Waals surface area contributed by atoms with Gasteiger partial charge in [-0.2, -0.15) is 5.10 Å². The van der Waals surface area contributed by atoms with E-state index in [1.54, 1.807) is 25.3 Å². The highest BCUT2D eigenvalue weighted by Crippen LogP contribution is 2.16. The van der Waals surface area contributed by atoms with Crippen LogP contribution in [0.2, 0.25) is 0 Å². The maximum absolute atomic E-state index is 12.5. The fourth-order valence-electron chi connectivity index (χ4n) is 3.58. The Bertz CT molecular complexity index is 1240. The third-order valence-corrected chi connectivity index (χ3v) is 5.03. The number of nitrogens with zero attached hydrogens (tertiary/aromatic N) is 3. The minimum absolute atomic E-state index is 0.0946.